The lowest BCUT2D eigenvalue weighted by atomic mass is 9.98. The number of methoxy groups -OCH3 is 1. The van der Waals surface area contributed by atoms with Gasteiger partial charge in [0.15, 0.2) is 0 Å². The topological polar surface area (TPSA) is 88.1 Å². The van der Waals surface area contributed by atoms with Gasteiger partial charge in [0.25, 0.3) is 0 Å². The Morgan fingerprint density at radius 3 is 1.94 bits per heavy atom. The zero-order valence-electron chi connectivity index (χ0n) is 27.7. The van der Waals surface area contributed by atoms with Gasteiger partial charge in [0, 0.05) is 58.2 Å². The van der Waals surface area contributed by atoms with Crippen molar-refractivity contribution in [3.05, 3.63) is 115 Å². The third kappa shape index (κ3) is 7.84. The predicted molar refractivity (Wildman–Crippen MR) is 190 cm³/mol. The van der Waals surface area contributed by atoms with Crippen LogP contribution < -0.4 is 20.7 Å². The molecule has 0 bridgehead atoms. The van der Waals surface area contributed by atoms with Crippen LogP contribution in [0, 0.1) is 20.8 Å². The van der Waals surface area contributed by atoms with Crippen LogP contribution in [0.1, 0.15) is 42.7 Å². The number of ether oxygens (including phenoxy) is 3. The van der Waals surface area contributed by atoms with Crippen molar-refractivity contribution in [2.24, 2.45) is 0 Å². The lowest BCUT2D eigenvalue weighted by molar-refractivity contribution is 0.0788. The van der Waals surface area contributed by atoms with Gasteiger partial charge < -0.3 is 23.0 Å². The van der Waals surface area contributed by atoms with Crippen LogP contribution in [0.15, 0.2) is 96.6 Å². The van der Waals surface area contributed by atoms with E-state index in [-0.39, 0.29) is 17.4 Å². The molecule has 1 atom stereocenters. The SMILES string of the molecule is CCC(COC)Oc1ccc2c(-c3ccccc3C)cc(=O)oc2c1.CCCOc1ccc2c(-c3csc(C)c3C)cc(=O)oc2c1. The minimum absolute atomic E-state index is 0.0336. The minimum atomic E-state index is -0.369. The van der Waals surface area contributed by atoms with Gasteiger partial charge in [0.2, 0.25) is 0 Å². The maximum atomic E-state index is 12.1. The molecule has 3 heterocycles. The van der Waals surface area contributed by atoms with E-state index in [2.05, 4.69) is 26.2 Å². The monoisotopic (exact) mass is 652 g/mol. The maximum Gasteiger partial charge on any atom is 0.336 e. The lowest BCUT2D eigenvalue weighted by Gasteiger charge is -2.17. The largest absolute Gasteiger partial charge is 0.493 e. The Labute approximate surface area is 278 Å². The van der Waals surface area contributed by atoms with Gasteiger partial charge in [-0.3, -0.25) is 0 Å². The molecule has 0 fully saturated rings. The number of rotatable bonds is 10. The summed E-state index contributed by atoms with van der Waals surface area (Å²) in [6.07, 6.45) is 1.74. The lowest BCUT2D eigenvalue weighted by Crippen LogP contribution is -2.21. The van der Waals surface area contributed by atoms with Gasteiger partial charge in [-0.25, -0.2) is 9.59 Å². The van der Waals surface area contributed by atoms with Crippen LogP contribution in [-0.4, -0.2) is 26.4 Å². The van der Waals surface area contributed by atoms with E-state index in [9.17, 15) is 9.59 Å². The van der Waals surface area contributed by atoms with Crippen molar-refractivity contribution in [2.45, 2.75) is 53.6 Å². The quantitative estimate of drug-likeness (QED) is 0.136. The molecule has 3 aromatic carbocycles. The smallest absolute Gasteiger partial charge is 0.336 e. The molecule has 0 amide bonds. The van der Waals surface area contributed by atoms with E-state index in [1.54, 1.807) is 42.7 Å². The molecule has 0 radical (unpaired) electrons. The van der Waals surface area contributed by atoms with Crippen molar-refractivity contribution in [1.82, 2.24) is 0 Å². The van der Waals surface area contributed by atoms with Gasteiger partial charge >= 0.3 is 11.3 Å². The molecule has 0 aliphatic rings. The third-order valence-corrected chi connectivity index (χ3v) is 9.04. The van der Waals surface area contributed by atoms with Crippen molar-refractivity contribution in [3.63, 3.8) is 0 Å². The molecule has 0 spiro atoms. The third-order valence-electron chi connectivity index (χ3n) is 8.03. The van der Waals surface area contributed by atoms with Crippen molar-refractivity contribution >= 4 is 33.3 Å². The average Bonchev–Trinajstić information content (AvgIpc) is 3.40. The van der Waals surface area contributed by atoms with E-state index in [1.165, 1.54) is 10.4 Å². The van der Waals surface area contributed by atoms with E-state index in [0.29, 0.717) is 30.1 Å². The summed E-state index contributed by atoms with van der Waals surface area (Å²) < 4.78 is 27.5. The summed E-state index contributed by atoms with van der Waals surface area (Å²) in [5.74, 6) is 1.40. The number of aryl methyl sites for hydroxylation is 2. The van der Waals surface area contributed by atoms with E-state index < -0.39 is 0 Å². The van der Waals surface area contributed by atoms with Crippen molar-refractivity contribution in [3.8, 4) is 33.8 Å². The summed E-state index contributed by atoms with van der Waals surface area (Å²) in [5.41, 5.74) is 6.64. The van der Waals surface area contributed by atoms with Gasteiger partial charge in [-0.15, -0.1) is 11.3 Å². The molecule has 0 aliphatic heterocycles. The molecule has 244 valence electrons. The number of fused-ring (bicyclic) bond motifs is 2. The van der Waals surface area contributed by atoms with Gasteiger partial charge in [-0.1, -0.05) is 38.1 Å². The van der Waals surface area contributed by atoms with Crippen LogP contribution in [-0.2, 0) is 4.74 Å². The highest BCUT2D eigenvalue weighted by Gasteiger charge is 2.15. The standard InChI is InChI=1S/C21H22O4.C18H18O3S/c1-4-15(13-23-3)24-16-9-10-18-19(12-21(22)25-20(18)11-16)17-8-6-5-7-14(17)2;1-4-7-20-13-5-6-14-15(9-18(19)21-17(14)8-13)16-10-22-12(3)11(16)2/h5-12,15H,4,13H2,1-3H3;5-6,8-10H,4,7H2,1-3H3. The highest BCUT2D eigenvalue weighted by Crippen LogP contribution is 2.35. The first-order valence-electron chi connectivity index (χ1n) is 15.8. The van der Waals surface area contributed by atoms with Crippen molar-refractivity contribution in [1.29, 1.82) is 0 Å². The highest BCUT2D eigenvalue weighted by molar-refractivity contribution is 7.10. The summed E-state index contributed by atoms with van der Waals surface area (Å²) in [7, 11) is 1.65. The van der Waals surface area contributed by atoms with Crippen LogP contribution in [0.5, 0.6) is 11.5 Å². The van der Waals surface area contributed by atoms with E-state index in [4.69, 9.17) is 23.0 Å². The fourth-order valence-electron chi connectivity index (χ4n) is 5.38. The van der Waals surface area contributed by atoms with Crippen LogP contribution in [0.4, 0.5) is 0 Å². The van der Waals surface area contributed by atoms with Gasteiger partial charge in [0.05, 0.1) is 13.2 Å². The second-order valence-corrected chi connectivity index (χ2v) is 12.5. The molecule has 6 rings (SSSR count). The fourth-order valence-corrected chi connectivity index (χ4v) is 6.27. The van der Waals surface area contributed by atoms with Gasteiger partial charge in [-0.2, -0.15) is 0 Å². The summed E-state index contributed by atoms with van der Waals surface area (Å²) in [6.45, 7) is 11.5. The second kappa shape index (κ2) is 15.3. The summed E-state index contributed by atoms with van der Waals surface area (Å²) >= 11 is 1.70. The Morgan fingerprint density at radius 1 is 0.745 bits per heavy atom. The van der Waals surface area contributed by atoms with Crippen LogP contribution in [0.25, 0.3) is 44.2 Å². The molecule has 7 nitrogen and oxygen atoms in total. The number of hydrogen-bond acceptors (Lipinski definition) is 8. The van der Waals surface area contributed by atoms with E-state index in [1.807, 2.05) is 62.4 Å². The zero-order valence-corrected chi connectivity index (χ0v) is 28.5. The fraction of sp³-hybridized carbons (Fsp3) is 0.282. The molecule has 0 saturated heterocycles. The van der Waals surface area contributed by atoms with Gasteiger partial charge in [-0.05, 0) is 85.5 Å². The normalized spacial score (nSPS) is 11.7. The Morgan fingerprint density at radius 2 is 1.36 bits per heavy atom. The molecule has 1 unspecified atom stereocenters. The van der Waals surface area contributed by atoms with E-state index in [0.717, 1.165) is 57.2 Å². The Kier molecular flexibility index (Phi) is 11.0. The first-order chi connectivity index (χ1) is 22.7. The molecule has 0 aliphatic carbocycles. The van der Waals surface area contributed by atoms with Crippen LogP contribution in [0.2, 0.25) is 0 Å². The predicted octanol–water partition coefficient (Wildman–Crippen LogP) is 9.50. The Balaban J connectivity index is 0.000000186. The molecule has 6 aromatic rings. The van der Waals surface area contributed by atoms with Gasteiger partial charge in [0.1, 0.15) is 28.8 Å². The first kappa shape index (κ1) is 33.7. The van der Waals surface area contributed by atoms with Crippen LogP contribution >= 0.6 is 11.3 Å². The van der Waals surface area contributed by atoms with Crippen molar-refractivity contribution in [2.75, 3.05) is 20.3 Å². The summed E-state index contributed by atoms with van der Waals surface area (Å²) in [6, 6.07) is 22.4. The molecule has 0 saturated carbocycles. The number of hydrogen-bond donors (Lipinski definition) is 0. The van der Waals surface area contributed by atoms with Crippen molar-refractivity contribution < 1.29 is 23.0 Å². The Bertz CT molecular complexity index is 2100. The Hall–Kier alpha value is -4.66. The van der Waals surface area contributed by atoms with Crippen LogP contribution in [0.3, 0.4) is 0 Å². The molecular formula is C39H40O7S. The minimum Gasteiger partial charge on any atom is -0.493 e. The highest BCUT2D eigenvalue weighted by atomic mass is 32.1. The zero-order chi connectivity index (χ0) is 33.5. The molecule has 0 N–H and O–H groups in total. The summed E-state index contributed by atoms with van der Waals surface area (Å²) in [4.78, 5) is 25.2. The molecule has 8 heteroatoms. The van der Waals surface area contributed by atoms with E-state index >= 15 is 0 Å². The second-order valence-electron chi connectivity index (χ2n) is 11.4. The maximum absolute atomic E-state index is 12.1. The summed E-state index contributed by atoms with van der Waals surface area (Å²) in [5, 5.41) is 3.92. The number of thiophene rings is 1. The molecular weight excluding hydrogens is 612 g/mol. The average molecular weight is 653 g/mol. The molecule has 3 aromatic heterocycles. The number of benzene rings is 3. The first-order valence-corrected chi connectivity index (χ1v) is 16.7. The molecule has 47 heavy (non-hydrogen) atoms.